The molecule has 2 amide bonds. The lowest BCUT2D eigenvalue weighted by Crippen LogP contribution is -2.43. The molecule has 0 fully saturated rings. The maximum absolute atomic E-state index is 11.6. The number of aryl methyl sites for hydroxylation is 1. The normalized spacial score (nSPS) is 11.9. The van der Waals surface area contributed by atoms with Gasteiger partial charge in [0.15, 0.2) is 0 Å². The van der Waals surface area contributed by atoms with Crippen LogP contribution >= 0.6 is 11.8 Å². The van der Waals surface area contributed by atoms with Gasteiger partial charge in [-0.2, -0.15) is 16.9 Å². The van der Waals surface area contributed by atoms with Gasteiger partial charge in [-0.25, -0.2) is 9.59 Å². The van der Waals surface area contributed by atoms with Crippen molar-refractivity contribution in [1.29, 1.82) is 0 Å². The minimum atomic E-state index is -1.04. The first kappa shape index (κ1) is 14.4. The van der Waals surface area contributed by atoms with Crippen LogP contribution in [0.15, 0.2) is 12.4 Å². The monoisotopic (exact) mass is 272 g/mol. The van der Waals surface area contributed by atoms with Crippen LogP contribution < -0.4 is 10.6 Å². The van der Waals surface area contributed by atoms with E-state index in [0.29, 0.717) is 17.9 Å². The molecular formula is C10H16N4O3S. The number of hydrogen-bond acceptors (Lipinski definition) is 4. The molecule has 0 aromatic carbocycles. The molecule has 1 aromatic heterocycles. The van der Waals surface area contributed by atoms with Gasteiger partial charge in [-0.3, -0.25) is 4.68 Å². The van der Waals surface area contributed by atoms with Crippen LogP contribution in [0.25, 0.3) is 0 Å². The Balaban J connectivity index is 2.48. The van der Waals surface area contributed by atoms with E-state index in [1.165, 1.54) is 22.6 Å². The van der Waals surface area contributed by atoms with Crippen LogP contribution in [0.5, 0.6) is 0 Å². The molecular weight excluding hydrogens is 256 g/mol. The first-order valence-electron chi connectivity index (χ1n) is 5.31. The van der Waals surface area contributed by atoms with Crippen LogP contribution in [0.1, 0.15) is 6.42 Å². The van der Waals surface area contributed by atoms with Crippen LogP contribution in [0.3, 0.4) is 0 Å². The number of amides is 2. The molecule has 0 unspecified atom stereocenters. The van der Waals surface area contributed by atoms with Gasteiger partial charge in [-0.1, -0.05) is 0 Å². The number of carbonyl (C=O) groups excluding carboxylic acids is 1. The lowest BCUT2D eigenvalue weighted by atomic mass is 10.2. The smallest absolute Gasteiger partial charge is 0.326 e. The van der Waals surface area contributed by atoms with Crippen LogP contribution in [0.4, 0.5) is 10.5 Å². The number of hydrogen-bond donors (Lipinski definition) is 3. The fourth-order valence-corrected chi connectivity index (χ4v) is 1.78. The maximum atomic E-state index is 11.6. The number of aliphatic carboxylic acids is 1. The van der Waals surface area contributed by atoms with Gasteiger partial charge in [-0.15, -0.1) is 0 Å². The highest BCUT2D eigenvalue weighted by atomic mass is 32.2. The zero-order valence-electron chi connectivity index (χ0n) is 10.2. The molecule has 7 nitrogen and oxygen atoms in total. The van der Waals surface area contributed by atoms with Gasteiger partial charge >= 0.3 is 12.0 Å². The first-order chi connectivity index (χ1) is 8.52. The highest BCUT2D eigenvalue weighted by Crippen LogP contribution is 2.04. The van der Waals surface area contributed by atoms with E-state index in [2.05, 4.69) is 15.7 Å². The van der Waals surface area contributed by atoms with Crippen LogP contribution in [-0.4, -0.2) is 44.9 Å². The second kappa shape index (κ2) is 6.90. The van der Waals surface area contributed by atoms with Gasteiger partial charge < -0.3 is 15.7 Å². The van der Waals surface area contributed by atoms with Gasteiger partial charge in [0.2, 0.25) is 0 Å². The summed E-state index contributed by atoms with van der Waals surface area (Å²) in [5.74, 6) is -0.366. The van der Waals surface area contributed by atoms with Crippen molar-refractivity contribution in [1.82, 2.24) is 15.1 Å². The summed E-state index contributed by atoms with van der Waals surface area (Å²) in [6.45, 7) is 0. The van der Waals surface area contributed by atoms with Crippen molar-refractivity contribution in [3.63, 3.8) is 0 Å². The van der Waals surface area contributed by atoms with Gasteiger partial charge in [0.05, 0.1) is 11.9 Å². The topological polar surface area (TPSA) is 96.3 Å². The zero-order valence-corrected chi connectivity index (χ0v) is 11.0. The van der Waals surface area contributed by atoms with E-state index in [-0.39, 0.29) is 0 Å². The number of aromatic nitrogens is 2. The number of nitrogens with one attached hydrogen (secondary N) is 2. The van der Waals surface area contributed by atoms with E-state index in [0.717, 1.165) is 0 Å². The Morgan fingerprint density at radius 3 is 2.83 bits per heavy atom. The van der Waals surface area contributed by atoms with Gasteiger partial charge in [0, 0.05) is 13.2 Å². The van der Waals surface area contributed by atoms with E-state index in [9.17, 15) is 9.59 Å². The molecule has 0 aliphatic carbocycles. The molecule has 0 saturated heterocycles. The molecule has 0 radical (unpaired) electrons. The number of thioether (sulfide) groups is 1. The minimum Gasteiger partial charge on any atom is -0.480 e. The van der Waals surface area contributed by atoms with E-state index in [4.69, 9.17) is 5.11 Å². The van der Waals surface area contributed by atoms with Crippen molar-refractivity contribution in [2.24, 2.45) is 7.05 Å². The SMILES string of the molecule is CSCC[C@H](NC(=O)Nc1cnn(C)c1)C(=O)O. The van der Waals surface area contributed by atoms with Crippen molar-refractivity contribution in [2.45, 2.75) is 12.5 Å². The summed E-state index contributed by atoms with van der Waals surface area (Å²) < 4.78 is 1.54. The molecule has 0 aliphatic rings. The Morgan fingerprint density at radius 2 is 2.33 bits per heavy atom. The van der Waals surface area contributed by atoms with Crippen LogP contribution in [0.2, 0.25) is 0 Å². The van der Waals surface area contributed by atoms with Crippen LogP contribution in [0, 0.1) is 0 Å². The molecule has 1 heterocycles. The van der Waals surface area contributed by atoms with Crippen molar-refractivity contribution in [3.05, 3.63) is 12.4 Å². The second-order valence-corrected chi connectivity index (χ2v) is 4.66. The summed E-state index contributed by atoms with van der Waals surface area (Å²) in [5, 5.41) is 17.8. The largest absolute Gasteiger partial charge is 0.480 e. The zero-order chi connectivity index (χ0) is 13.5. The first-order valence-corrected chi connectivity index (χ1v) is 6.70. The van der Waals surface area contributed by atoms with Crippen LogP contribution in [-0.2, 0) is 11.8 Å². The maximum Gasteiger partial charge on any atom is 0.326 e. The average Bonchev–Trinajstić information content (AvgIpc) is 2.69. The fourth-order valence-electron chi connectivity index (χ4n) is 1.30. The number of carboxylic acids is 1. The molecule has 3 N–H and O–H groups in total. The highest BCUT2D eigenvalue weighted by Gasteiger charge is 2.19. The second-order valence-electron chi connectivity index (χ2n) is 3.67. The molecule has 0 saturated carbocycles. The molecule has 100 valence electrons. The molecule has 0 bridgehead atoms. The standard InChI is InChI=1S/C10H16N4O3S/c1-14-6-7(5-11-14)12-10(17)13-8(9(15)16)3-4-18-2/h5-6,8H,3-4H2,1-2H3,(H,15,16)(H2,12,13,17)/t8-/m0/s1. The number of nitrogens with zero attached hydrogens (tertiary/aromatic N) is 2. The Morgan fingerprint density at radius 1 is 1.61 bits per heavy atom. The lowest BCUT2D eigenvalue weighted by Gasteiger charge is -2.13. The van der Waals surface area contributed by atoms with Crippen molar-refractivity contribution < 1.29 is 14.7 Å². The predicted octanol–water partition coefficient (Wildman–Crippen LogP) is 0.748. The molecule has 0 aliphatic heterocycles. The Labute approximate surface area is 109 Å². The van der Waals surface area contributed by atoms with Crippen molar-refractivity contribution in [2.75, 3.05) is 17.3 Å². The number of carboxylic acid groups (broad SMARTS) is 1. The third kappa shape index (κ3) is 4.66. The van der Waals surface area contributed by atoms with Gasteiger partial charge in [0.1, 0.15) is 6.04 Å². The molecule has 1 atom stereocenters. The lowest BCUT2D eigenvalue weighted by molar-refractivity contribution is -0.139. The quantitative estimate of drug-likeness (QED) is 0.710. The third-order valence-electron chi connectivity index (χ3n) is 2.18. The Hall–Kier alpha value is -1.70. The fraction of sp³-hybridized carbons (Fsp3) is 0.500. The Bertz CT molecular complexity index is 421. The Kier molecular flexibility index (Phi) is 5.50. The minimum absolute atomic E-state index is 0.386. The van der Waals surface area contributed by atoms with E-state index < -0.39 is 18.0 Å². The summed E-state index contributed by atoms with van der Waals surface area (Å²) in [4.78, 5) is 22.5. The third-order valence-corrected chi connectivity index (χ3v) is 2.82. The van der Waals surface area contributed by atoms with Crippen molar-refractivity contribution in [3.8, 4) is 0 Å². The van der Waals surface area contributed by atoms with E-state index >= 15 is 0 Å². The number of urea groups is 1. The number of anilines is 1. The summed E-state index contributed by atoms with van der Waals surface area (Å²) >= 11 is 1.53. The summed E-state index contributed by atoms with van der Waals surface area (Å²) in [7, 11) is 1.72. The molecule has 1 rings (SSSR count). The number of carbonyl (C=O) groups is 2. The number of rotatable bonds is 6. The summed E-state index contributed by atoms with van der Waals surface area (Å²) in [6.07, 6.45) is 5.38. The predicted molar refractivity (Wildman–Crippen MR) is 69.8 cm³/mol. The summed E-state index contributed by atoms with van der Waals surface area (Å²) in [6, 6.07) is -1.43. The van der Waals surface area contributed by atoms with Gasteiger partial charge in [-0.05, 0) is 18.4 Å². The average molecular weight is 272 g/mol. The summed E-state index contributed by atoms with van der Waals surface area (Å²) in [5.41, 5.74) is 0.518. The molecule has 0 spiro atoms. The van der Waals surface area contributed by atoms with Crippen molar-refractivity contribution >= 4 is 29.4 Å². The molecule has 1 aromatic rings. The van der Waals surface area contributed by atoms with E-state index in [1.54, 1.807) is 13.2 Å². The van der Waals surface area contributed by atoms with E-state index in [1.807, 2.05) is 6.26 Å². The van der Waals surface area contributed by atoms with Gasteiger partial charge in [0.25, 0.3) is 0 Å². The highest BCUT2D eigenvalue weighted by molar-refractivity contribution is 7.98. The molecule has 8 heteroatoms. The molecule has 18 heavy (non-hydrogen) atoms.